The van der Waals surface area contributed by atoms with Gasteiger partial charge in [-0.1, -0.05) is 13.0 Å². The molecule has 0 radical (unpaired) electrons. The van der Waals surface area contributed by atoms with Gasteiger partial charge in [-0.15, -0.1) is 0 Å². The summed E-state index contributed by atoms with van der Waals surface area (Å²) in [6, 6.07) is 1.72. The smallest absolute Gasteiger partial charge is 0.254 e. The molecule has 0 spiro atoms. The molecule has 1 rings (SSSR count). The first-order chi connectivity index (χ1) is 11.9. The summed E-state index contributed by atoms with van der Waals surface area (Å²) in [5.41, 5.74) is 7.87. The van der Waals surface area contributed by atoms with Gasteiger partial charge >= 0.3 is 0 Å². The van der Waals surface area contributed by atoms with E-state index >= 15 is 0 Å². The number of nitrogens with two attached hydrogens (primary N) is 1. The van der Waals surface area contributed by atoms with Gasteiger partial charge in [0.25, 0.3) is 5.91 Å². The van der Waals surface area contributed by atoms with Crippen molar-refractivity contribution in [1.82, 2.24) is 10.3 Å². The van der Waals surface area contributed by atoms with Gasteiger partial charge in [-0.2, -0.15) is 0 Å². The van der Waals surface area contributed by atoms with Crippen LogP contribution in [0.2, 0.25) is 0 Å². The van der Waals surface area contributed by atoms with Gasteiger partial charge in [-0.25, -0.2) is 14.4 Å². The van der Waals surface area contributed by atoms with Crippen molar-refractivity contribution in [2.75, 3.05) is 31.4 Å². The number of aromatic nitrogens is 1. The Labute approximate surface area is 147 Å². The van der Waals surface area contributed by atoms with Crippen molar-refractivity contribution in [3.05, 3.63) is 41.5 Å². The second-order valence-corrected chi connectivity index (χ2v) is 5.19. The number of carbonyl (C=O) groups is 1. The van der Waals surface area contributed by atoms with Crippen LogP contribution in [-0.4, -0.2) is 37.4 Å². The molecule has 0 aliphatic heterocycles. The predicted octanol–water partition coefficient (Wildman–Crippen LogP) is 2.42. The van der Waals surface area contributed by atoms with Gasteiger partial charge in [-0.3, -0.25) is 4.79 Å². The fraction of sp³-hybridized carbons (Fsp3) is 0.353. The number of allylic oxidation sites excluding steroid dienone is 2. The molecule has 136 valence electrons. The first kappa shape index (κ1) is 20.1. The SMILES string of the molecule is CC/C=C(/C=C(N)\N=C(/C)CF)Nc1cc(NC)c(C(=O)NC)cn1. The lowest BCUT2D eigenvalue weighted by Gasteiger charge is -2.12. The van der Waals surface area contributed by atoms with E-state index < -0.39 is 6.67 Å². The Morgan fingerprint density at radius 2 is 2.16 bits per heavy atom. The fourth-order valence-corrected chi connectivity index (χ4v) is 2.00. The van der Waals surface area contributed by atoms with E-state index in [1.54, 1.807) is 33.2 Å². The summed E-state index contributed by atoms with van der Waals surface area (Å²) in [6.45, 7) is 2.89. The van der Waals surface area contributed by atoms with Crippen molar-refractivity contribution in [3.8, 4) is 0 Å². The molecule has 5 N–H and O–H groups in total. The Balaban J connectivity index is 3.09. The normalized spacial score (nSPS) is 12.8. The number of alkyl halides is 1. The van der Waals surface area contributed by atoms with Crippen LogP contribution >= 0.6 is 0 Å². The topological polar surface area (TPSA) is 104 Å². The van der Waals surface area contributed by atoms with Crippen molar-refractivity contribution in [1.29, 1.82) is 0 Å². The van der Waals surface area contributed by atoms with Crippen LogP contribution in [-0.2, 0) is 0 Å². The lowest BCUT2D eigenvalue weighted by molar-refractivity contribution is 0.0963. The van der Waals surface area contributed by atoms with Crippen molar-refractivity contribution < 1.29 is 9.18 Å². The molecule has 1 heterocycles. The zero-order valence-corrected chi connectivity index (χ0v) is 15.0. The third kappa shape index (κ3) is 6.25. The molecular formula is C17H25FN6O. The molecule has 1 aromatic rings. The van der Waals surface area contributed by atoms with Crippen LogP contribution in [0.25, 0.3) is 0 Å². The summed E-state index contributed by atoms with van der Waals surface area (Å²) in [7, 11) is 3.28. The van der Waals surface area contributed by atoms with Crippen LogP contribution in [0.1, 0.15) is 30.6 Å². The third-order valence-electron chi connectivity index (χ3n) is 3.16. The second-order valence-electron chi connectivity index (χ2n) is 5.19. The number of amides is 1. The zero-order valence-electron chi connectivity index (χ0n) is 15.0. The highest BCUT2D eigenvalue weighted by Crippen LogP contribution is 2.19. The van der Waals surface area contributed by atoms with Gasteiger partial charge < -0.3 is 21.7 Å². The molecule has 0 aromatic carbocycles. The maximum absolute atomic E-state index is 12.5. The minimum atomic E-state index is -0.650. The number of hydrogen-bond acceptors (Lipinski definition) is 6. The van der Waals surface area contributed by atoms with E-state index in [9.17, 15) is 9.18 Å². The molecule has 7 nitrogen and oxygen atoms in total. The highest BCUT2D eigenvalue weighted by atomic mass is 19.1. The number of aliphatic imine (C=N–C) groups is 1. The second kappa shape index (κ2) is 10.1. The molecule has 0 atom stereocenters. The summed E-state index contributed by atoms with van der Waals surface area (Å²) in [6.07, 6.45) is 5.75. The van der Waals surface area contributed by atoms with Crippen molar-refractivity contribution >= 4 is 23.1 Å². The average molecular weight is 348 g/mol. The summed E-state index contributed by atoms with van der Waals surface area (Å²) in [5.74, 6) is 0.498. The molecule has 0 saturated heterocycles. The maximum Gasteiger partial charge on any atom is 0.254 e. The van der Waals surface area contributed by atoms with Gasteiger partial charge in [0, 0.05) is 43.8 Å². The third-order valence-corrected chi connectivity index (χ3v) is 3.16. The van der Waals surface area contributed by atoms with E-state index in [4.69, 9.17) is 5.73 Å². The molecule has 0 saturated carbocycles. The Morgan fingerprint density at radius 1 is 1.44 bits per heavy atom. The molecule has 0 aliphatic carbocycles. The quantitative estimate of drug-likeness (QED) is 0.427. The van der Waals surface area contributed by atoms with Gasteiger partial charge in [0.15, 0.2) is 0 Å². The number of hydrogen-bond donors (Lipinski definition) is 4. The molecule has 0 unspecified atom stereocenters. The van der Waals surface area contributed by atoms with Crippen LogP contribution in [0.4, 0.5) is 15.9 Å². The van der Waals surface area contributed by atoms with Crippen LogP contribution in [0.5, 0.6) is 0 Å². The minimum Gasteiger partial charge on any atom is -0.387 e. The first-order valence-corrected chi connectivity index (χ1v) is 7.89. The van der Waals surface area contributed by atoms with E-state index in [2.05, 4.69) is 25.9 Å². The standard InChI is InChI=1S/C17H25FN6O/c1-5-6-12(7-15(19)23-11(2)9-18)24-16-8-14(20-3)13(10-22-16)17(25)21-4/h6-8,10H,5,9,19H2,1-4H3,(H,21,25)(H2,20,22,24)/b12-6-,15-7-,23-11+. The van der Waals surface area contributed by atoms with E-state index in [0.717, 1.165) is 6.42 Å². The largest absolute Gasteiger partial charge is 0.387 e. The number of nitrogens with zero attached hydrogens (tertiary/aromatic N) is 2. The Morgan fingerprint density at radius 3 is 2.72 bits per heavy atom. The number of halogens is 1. The monoisotopic (exact) mass is 348 g/mol. The Hall–Kier alpha value is -2.90. The number of anilines is 2. The van der Waals surface area contributed by atoms with Crippen LogP contribution in [0.3, 0.4) is 0 Å². The van der Waals surface area contributed by atoms with Gasteiger partial charge in [-0.05, 0) is 13.3 Å². The van der Waals surface area contributed by atoms with E-state index in [1.165, 1.54) is 6.20 Å². The summed E-state index contributed by atoms with van der Waals surface area (Å²) >= 11 is 0. The summed E-state index contributed by atoms with van der Waals surface area (Å²) in [5, 5.41) is 8.65. The average Bonchev–Trinajstić information content (AvgIpc) is 2.60. The molecule has 8 heteroatoms. The number of pyridine rings is 1. The number of nitrogens with one attached hydrogen (secondary N) is 3. The van der Waals surface area contributed by atoms with Crippen molar-refractivity contribution in [2.24, 2.45) is 10.7 Å². The van der Waals surface area contributed by atoms with Gasteiger partial charge in [0.2, 0.25) is 0 Å². The van der Waals surface area contributed by atoms with Crippen LogP contribution in [0.15, 0.2) is 40.9 Å². The molecule has 25 heavy (non-hydrogen) atoms. The summed E-state index contributed by atoms with van der Waals surface area (Å²) < 4.78 is 12.5. The van der Waals surface area contributed by atoms with Crippen LogP contribution < -0.4 is 21.7 Å². The Bertz CT molecular complexity index is 696. The van der Waals surface area contributed by atoms with Crippen molar-refractivity contribution in [2.45, 2.75) is 20.3 Å². The van der Waals surface area contributed by atoms with E-state index in [1.807, 2.05) is 13.0 Å². The lowest BCUT2D eigenvalue weighted by Crippen LogP contribution is -2.19. The maximum atomic E-state index is 12.5. The van der Waals surface area contributed by atoms with E-state index in [0.29, 0.717) is 28.5 Å². The van der Waals surface area contributed by atoms with Gasteiger partial charge in [0.1, 0.15) is 18.3 Å². The number of carbonyl (C=O) groups excluding carboxylic acids is 1. The van der Waals surface area contributed by atoms with Crippen molar-refractivity contribution in [3.63, 3.8) is 0 Å². The fourth-order valence-electron chi connectivity index (χ4n) is 2.00. The molecule has 0 bridgehead atoms. The zero-order chi connectivity index (χ0) is 18.8. The molecular weight excluding hydrogens is 323 g/mol. The molecule has 0 fully saturated rings. The summed E-state index contributed by atoms with van der Waals surface area (Å²) in [4.78, 5) is 20.0. The molecule has 1 amide bonds. The molecule has 1 aromatic heterocycles. The number of rotatable bonds is 8. The predicted molar refractivity (Wildman–Crippen MR) is 101 cm³/mol. The van der Waals surface area contributed by atoms with Crippen LogP contribution in [0, 0.1) is 0 Å². The first-order valence-electron chi connectivity index (χ1n) is 7.89. The Kier molecular flexibility index (Phi) is 8.11. The van der Waals surface area contributed by atoms with E-state index in [-0.39, 0.29) is 11.7 Å². The highest BCUT2D eigenvalue weighted by Gasteiger charge is 2.11. The lowest BCUT2D eigenvalue weighted by atomic mass is 10.2. The van der Waals surface area contributed by atoms with Gasteiger partial charge in [0.05, 0.1) is 11.3 Å². The molecule has 0 aliphatic rings. The highest BCUT2D eigenvalue weighted by molar-refractivity contribution is 5.99. The minimum absolute atomic E-state index is 0.193.